The van der Waals surface area contributed by atoms with E-state index >= 15 is 0 Å². The van der Waals surface area contributed by atoms with Crippen molar-refractivity contribution in [1.82, 2.24) is 14.8 Å². The predicted octanol–water partition coefficient (Wildman–Crippen LogP) is 4.14. The Bertz CT molecular complexity index is 1310. The molecule has 1 aliphatic carbocycles. The van der Waals surface area contributed by atoms with E-state index in [-0.39, 0.29) is 24.4 Å². The first kappa shape index (κ1) is 24.0. The van der Waals surface area contributed by atoms with E-state index in [0.29, 0.717) is 29.5 Å². The Kier molecular flexibility index (Phi) is 6.28. The van der Waals surface area contributed by atoms with Gasteiger partial charge in [-0.25, -0.2) is 0 Å². The molecule has 0 saturated heterocycles. The summed E-state index contributed by atoms with van der Waals surface area (Å²) in [6.45, 7) is 2.43. The van der Waals surface area contributed by atoms with Crippen LogP contribution >= 0.6 is 0 Å². The third kappa shape index (κ3) is 3.94. The number of nitrogens with one attached hydrogen (secondary N) is 1. The number of fused-ring (bicyclic) bond motifs is 3. The Labute approximate surface area is 211 Å². The van der Waals surface area contributed by atoms with Crippen molar-refractivity contribution in [3.63, 3.8) is 0 Å². The summed E-state index contributed by atoms with van der Waals surface area (Å²) in [5, 5.41) is 4.02. The van der Waals surface area contributed by atoms with Gasteiger partial charge in [0.05, 0.1) is 33.4 Å². The minimum absolute atomic E-state index is 0.139. The highest BCUT2D eigenvalue weighted by atomic mass is 16.5. The molecular weight excluding hydrogens is 458 g/mol. The molecular formula is C28H33N3O5. The zero-order chi connectivity index (χ0) is 25.4. The molecule has 1 atom stereocenters. The lowest BCUT2D eigenvalue weighted by Gasteiger charge is -2.44. The SMILES string of the molecule is COc1cccc(CN2C(=O)c3cc4c(OC)ccc(OC)c4n3C[C@]2(C)C(=O)NC2CCCC2)c1. The third-order valence-corrected chi connectivity index (χ3v) is 7.60. The molecule has 5 rings (SSSR count). The molecule has 0 radical (unpaired) electrons. The summed E-state index contributed by atoms with van der Waals surface area (Å²) < 4.78 is 18.5. The van der Waals surface area contributed by atoms with Gasteiger partial charge < -0.3 is 29.0 Å². The van der Waals surface area contributed by atoms with E-state index in [1.807, 2.05) is 54.0 Å². The van der Waals surface area contributed by atoms with Crippen molar-refractivity contribution in [3.8, 4) is 17.2 Å². The van der Waals surface area contributed by atoms with Gasteiger partial charge in [-0.05, 0) is 55.7 Å². The number of amides is 2. The Morgan fingerprint density at radius 1 is 1.03 bits per heavy atom. The summed E-state index contributed by atoms with van der Waals surface area (Å²) in [4.78, 5) is 29.7. The molecule has 1 saturated carbocycles. The van der Waals surface area contributed by atoms with E-state index in [4.69, 9.17) is 14.2 Å². The number of hydrogen-bond donors (Lipinski definition) is 1. The van der Waals surface area contributed by atoms with Gasteiger partial charge in [0.1, 0.15) is 28.5 Å². The highest BCUT2D eigenvalue weighted by molar-refractivity contribution is 6.05. The van der Waals surface area contributed by atoms with Crippen molar-refractivity contribution in [3.05, 3.63) is 53.7 Å². The smallest absolute Gasteiger partial charge is 0.271 e. The van der Waals surface area contributed by atoms with Gasteiger partial charge in [-0.2, -0.15) is 0 Å². The molecule has 0 spiro atoms. The molecule has 0 unspecified atom stereocenters. The van der Waals surface area contributed by atoms with Crippen LogP contribution in [0.3, 0.4) is 0 Å². The molecule has 8 heteroatoms. The second-order valence-electron chi connectivity index (χ2n) is 9.82. The van der Waals surface area contributed by atoms with Gasteiger partial charge >= 0.3 is 0 Å². The van der Waals surface area contributed by atoms with E-state index in [2.05, 4.69) is 5.32 Å². The van der Waals surface area contributed by atoms with Crippen LogP contribution < -0.4 is 19.5 Å². The van der Waals surface area contributed by atoms with E-state index in [0.717, 1.165) is 42.1 Å². The Balaban J connectivity index is 1.63. The van der Waals surface area contributed by atoms with Crippen LogP contribution in [-0.2, 0) is 17.9 Å². The number of methoxy groups -OCH3 is 3. The Morgan fingerprint density at radius 2 is 1.75 bits per heavy atom. The molecule has 0 bridgehead atoms. The quantitative estimate of drug-likeness (QED) is 0.537. The van der Waals surface area contributed by atoms with E-state index in [1.165, 1.54) is 0 Å². The summed E-state index contributed by atoms with van der Waals surface area (Å²) in [5.41, 5.74) is 1.03. The molecule has 1 aromatic heterocycles. The average molecular weight is 492 g/mol. The Morgan fingerprint density at radius 3 is 2.44 bits per heavy atom. The number of hydrogen-bond acceptors (Lipinski definition) is 5. The lowest BCUT2D eigenvalue weighted by atomic mass is 9.93. The summed E-state index contributed by atoms with van der Waals surface area (Å²) in [5.74, 6) is 1.63. The van der Waals surface area contributed by atoms with Crippen LogP contribution in [0.25, 0.3) is 10.9 Å². The largest absolute Gasteiger partial charge is 0.497 e. The highest BCUT2D eigenvalue weighted by Gasteiger charge is 2.48. The molecule has 2 aliphatic rings. The number of benzene rings is 2. The van der Waals surface area contributed by atoms with Crippen molar-refractivity contribution in [1.29, 1.82) is 0 Å². The third-order valence-electron chi connectivity index (χ3n) is 7.60. The first-order valence-electron chi connectivity index (χ1n) is 12.4. The van der Waals surface area contributed by atoms with Crippen LogP contribution in [0.5, 0.6) is 17.2 Å². The van der Waals surface area contributed by atoms with Crippen molar-refractivity contribution in [2.24, 2.45) is 0 Å². The first-order valence-corrected chi connectivity index (χ1v) is 12.4. The average Bonchev–Trinajstić information content (AvgIpc) is 3.54. The maximum absolute atomic E-state index is 14.1. The topological polar surface area (TPSA) is 82.0 Å². The number of carbonyl (C=O) groups is 2. The zero-order valence-electron chi connectivity index (χ0n) is 21.3. The second-order valence-corrected chi connectivity index (χ2v) is 9.82. The molecule has 2 aromatic carbocycles. The van der Waals surface area contributed by atoms with Gasteiger partial charge in [0, 0.05) is 18.0 Å². The Hall–Kier alpha value is -3.68. The van der Waals surface area contributed by atoms with Crippen LogP contribution in [0.1, 0.15) is 48.7 Å². The van der Waals surface area contributed by atoms with Crippen LogP contribution in [0, 0.1) is 0 Å². The monoisotopic (exact) mass is 491 g/mol. The fraction of sp³-hybridized carbons (Fsp3) is 0.429. The minimum Gasteiger partial charge on any atom is -0.497 e. The maximum Gasteiger partial charge on any atom is 0.271 e. The maximum atomic E-state index is 14.1. The van der Waals surface area contributed by atoms with Gasteiger partial charge in [-0.15, -0.1) is 0 Å². The van der Waals surface area contributed by atoms with Crippen LogP contribution in [-0.4, -0.2) is 54.2 Å². The second kappa shape index (κ2) is 9.41. The van der Waals surface area contributed by atoms with Gasteiger partial charge in [0.25, 0.3) is 5.91 Å². The van der Waals surface area contributed by atoms with Gasteiger partial charge in [0.2, 0.25) is 5.91 Å². The lowest BCUT2D eigenvalue weighted by Crippen LogP contribution is -2.64. The van der Waals surface area contributed by atoms with E-state index in [9.17, 15) is 9.59 Å². The molecule has 1 N–H and O–H groups in total. The number of carbonyl (C=O) groups excluding carboxylic acids is 2. The van der Waals surface area contributed by atoms with Crippen molar-refractivity contribution < 1.29 is 23.8 Å². The van der Waals surface area contributed by atoms with Gasteiger partial charge in [-0.3, -0.25) is 9.59 Å². The molecule has 8 nitrogen and oxygen atoms in total. The number of ether oxygens (including phenoxy) is 3. The summed E-state index contributed by atoms with van der Waals surface area (Å²) >= 11 is 0. The summed E-state index contributed by atoms with van der Waals surface area (Å²) in [7, 11) is 4.82. The predicted molar refractivity (Wildman–Crippen MR) is 137 cm³/mol. The summed E-state index contributed by atoms with van der Waals surface area (Å²) in [6, 6.07) is 13.2. The van der Waals surface area contributed by atoms with Crippen molar-refractivity contribution in [2.75, 3.05) is 21.3 Å². The van der Waals surface area contributed by atoms with E-state index in [1.54, 1.807) is 26.2 Å². The van der Waals surface area contributed by atoms with Gasteiger partial charge in [0.15, 0.2) is 0 Å². The molecule has 2 heterocycles. The van der Waals surface area contributed by atoms with Crippen LogP contribution in [0.4, 0.5) is 0 Å². The molecule has 1 aliphatic heterocycles. The fourth-order valence-electron chi connectivity index (χ4n) is 5.57. The standard InChI is InChI=1S/C28H33N3O5/c1-28(27(33)29-19-9-5-6-10-19)17-30-22(15-21-23(35-3)12-13-24(36-4)25(21)30)26(32)31(28)16-18-8-7-11-20(14-18)34-2/h7-8,11-15,19H,5-6,9-10,16-17H2,1-4H3,(H,29,33)/t28-/m1/s1. The zero-order valence-corrected chi connectivity index (χ0v) is 21.3. The minimum atomic E-state index is -1.12. The normalized spacial score (nSPS) is 19.9. The molecule has 190 valence electrons. The highest BCUT2D eigenvalue weighted by Crippen LogP contribution is 2.40. The van der Waals surface area contributed by atoms with E-state index < -0.39 is 5.54 Å². The molecule has 36 heavy (non-hydrogen) atoms. The van der Waals surface area contributed by atoms with Gasteiger partial charge in [-0.1, -0.05) is 25.0 Å². The molecule has 2 amide bonds. The van der Waals surface area contributed by atoms with Crippen molar-refractivity contribution in [2.45, 2.75) is 57.3 Å². The van der Waals surface area contributed by atoms with Crippen molar-refractivity contribution >= 4 is 22.7 Å². The van der Waals surface area contributed by atoms with Crippen LogP contribution in [0.2, 0.25) is 0 Å². The first-order chi connectivity index (χ1) is 17.4. The van der Waals surface area contributed by atoms with Crippen LogP contribution in [0.15, 0.2) is 42.5 Å². The number of rotatable bonds is 7. The molecule has 3 aromatic rings. The number of nitrogens with zero attached hydrogens (tertiary/aromatic N) is 2. The fourth-order valence-corrected chi connectivity index (χ4v) is 5.57. The number of aromatic nitrogens is 1. The lowest BCUT2D eigenvalue weighted by molar-refractivity contribution is -0.133. The molecule has 1 fully saturated rings. The summed E-state index contributed by atoms with van der Waals surface area (Å²) in [6.07, 6.45) is 4.15.